The van der Waals surface area contributed by atoms with Gasteiger partial charge >= 0.3 is 5.97 Å². The molecule has 0 saturated carbocycles. The molecular formula is C25H20N2O4S. The number of benzene rings is 3. The monoisotopic (exact) mass is 444 g/mol. The number of para-hydroxylation sites is 1. The molecule has 0 aromatic heterocycles. The molecular weight excluding hydrogens is 424 g/mol. The highest BCUT2D eigenvalue weighted by Crippen LogP contribution is 2.43. The van der Waals surface area contributed by atoms with Gasteiger partial charge in [-0.1, -0.05) is 30.3 Å². The number of nitriles is 1. The fourth-order valence-corrected chi connectivity index (χ4v) is 4.02. The zero-order valence-corrected chi connectivity index (χ0v) is 18.3. The molecule has 2 N–H and O–H groups in total. The molecule has 0 saturated heterocycles. The number of hydrogen-bond donors (Lipinski definition) is 1. The van der Waals surface area contributed by atoms with E-state index in [1.54, 1.807) is 54.2 Å². The summed E-state index contributed by atoms with van der Waals surface area (Å²) in [5.41, 5.74) is 8.42. The van der Waals surface area contributed by atoms with Crippen molar-refractivity contribution in [3.8, 4) is 23.3 Å². The Hall–Kier alpha value is -3.89. The van der Waals surface area contributed by atoms with Crippen molar-refractivity contribution >= 4 is 17.7 Å². The van der Waals surface area contributed by atoms with Crippen molar-refractivity contribution in [2.75, 3.05) is 13.4 Å². The van der Waals surface area contributed by atoms with Gasteiger partial charge in [-0.15, -0.1) is 11.8 Å². The molecule has 3 aromatic rings. The third kappa shape index (κ3) is 4.01. The average molecular weight is 445 g/mol. The zero-order valence-electron chi connectivity index (χ0n) is 17.5. The molecule has 160 valence electrons. The summed E-state index contributed by atoms with van der Waals surface area (Å²) in [4.78, 5) is 13.8. The molecule has 0 amide bonds. The van der Waals surface area contributed by atoms with Gasteiger partial charge in [0.1, 0.15) is 34.5 Å². The maximum atomic E-state index is 12.6. The van der Waals surface area contributed by atoms with Crippen LogP contribution in [0.25, 0.3) is 0 Å². The standard InChI is InChI=1S/C25H20N2O4S/c1-29-21-6-4-3-5-19(21)25(28)30-16-9-12-18-22(13-16)31-24(27)20(14-26)23(18)15-7-10-17(32-2)11-8-15/h3-13,23H,27H2,1-2H3/t23-/m1/s1. The summed E-state index contributed by atoms with van der Waals surface area (Å²) < 4.78 is 16.5. The van der Waals surface area contributed by atoms with Crippen LogP contribution >= 0.6 is 11.8 Å². The number of carbonyl (C=O) groups is 1. The molecule has 1 atom stereocenters. The Balaban J connectivity index is 1.68. The van der Waals surface area contributed by atoms with Crippen LogP contribution in [0.1, 0.15) is 27.4 Å². The van der Waals surface area contributed by atoms with E-state index in [1.165, 1.54) is 7.11 Å². The maximum Gasteiger partial charge on any atom is 0.347 e. The van der Waals surface area contributed by atoms with Crippen molar-refractivity contribution in [1.82, 2.24) is 0 Å². The van der Waals surface area contributed by atoms with Gasteiger partial charge in [0, 0.05) is 16.5 Å². The van der Waals surface area contributed by atoms with Gasteiger partial charge in [0.2, 0.25) is 5.88 Å². The Labute approximate surface area is 190 Å². The van der Waals surface area contributed by atoms with Crippen LogP contribution in [-0.4, -0.2) is 19.3 Å². The number of allylic oxidation sites excluding steroid dienone is 1. The van der Waals surface area contributed by atoms with E-state index < -0.39 is 5.97 Å². The lowest BCUT2D eigenvalue weighted by Gasteiger charge is -2.26. The molecule has 1 heterocycles. The van der Waals surface area contributed by atoms with Crippen molar-refractivity contribution < 1.29 is 19.0 Å². The van der Waals surface area contributed by atoms with Crippen LogP contribution in [0.5, 0.6) is 17.2 Å². The van der Waals surface area contributed by atoms with Crippen LogP contribution in [0, 0.1) is 11.3 Å². The summed E-state index contributed by atoms with van der Waals surface area (Å²) in [6.07, 6.45) is 2.01. The predicted octanol–water partition coefficient (Wildman–Crippen LogP) is 4.85. The number of methoxy groups -OCH3 is 1. The van der Waals surface area contributed by atoms with Crippen LogP contribution in [0.4, 0.5) is 0 Å². The van der Waals surface area contributed by atoms with Crippen LogP contribution in [0.3, 0.4) is 0 Å². The smallest absolute Gasteiger partial charge is 0.347 e. The lowest BCUT2D eigenvalue weighted by molar-refractivity contribution is 0.0731. The molecule has 3 aromatic carbocycles. The highest BCUT2D eigenvalue weighted by atomic mass is 32.2. The van der Waals surface area contributed by atoms with Gasteiger partial charge in [0.05, 0.1) is 13.0 Å². The van der Waals surface area contributed by atoms with E-state index in [2.05, 4.69) is 6.07 Å². The van der Waals surface area contributed by atoms with Crippen molar-refractivity contribution in [2.24, 2.45) is 5.73 Å². The normalized spacial score (nSPS) is 14.7. The molecule has 0 fully saturated rings. The number of hydrogen-bond acceptors (Lipinski definition) is 7. The second-order valence-electron chi connectivity index (χ2n) is 6.99. The first kappa shape index (κ1) is 21.3. The SMILES string of the molecule is COc1ccccc1C(=O)Oc1ccc2c(c1)OC(N)=C(C#N)[C@@H]2c1ccc(SC)cc1. The van der Waals surface area contributed by atoms with Crippen LogP contribution in [0.15, 0.2) is 83.1 Å². The lowest BCUT2D eigenvalue weighted by atomic mass is 9.83. The van der Waals surface area contributed by atoms with E-state index in [-0.39, 0.29) is 11.8 Å². The molecule has 0 spiro atoms. The third-order valence-corrected chi connectivity index (χ3v) is 5.92. The Morgan fingerprint density at radius 1 is 1.12 bits per heavy atom. The van der Waals surface area contributed by atoms with E-state index in [4.69, 9.17) is 19.9 Å². The molecule has 6 nitrogen and oxygen atoms in total. The molecule has 0 bridgehead atoms. The Morgan fingerprint density at radius 2 is 1.88 bits per heavy atom. The Morgan fingerprint density at radius 3 is 2.56 bits per heavy atom. The summed E-state index contributed by atoms with van der Waals surface area (Å²) in [7, 11) is 1.49. The summed E-state index contributed by atoms with van der Waals surface area (Å²) in [5, 5.41) is 9.72. The maximum absolute atomic E-state index is 12.6. The average Bonchev–Trinajstić information content (AvgIpc) is 2.83. The molecule has 0 unspecified atom stereocenters. The molecule has 4 rings (SSSR count). The van der Waals surface area contributed by atoms with E-state index in [1.807, 2.05) is 30.5 Å². The number of nitrogens with zero attached hydrogens (tertiary/aromatic N) is 1. The molecule has 1 aliphatic rings. The molecule has 1 aliphatic heterocycles. The number of carbonyl (C=O) groups excluding carboxylic acids is 1. The van der Waals surface area contributed by atoms with E-state index in [0.29, 0.717) is 28.4 Å². The minimum atomic E-state index is -0.552. The van der Waals surface area contributed by atoms with Gasteiger partial charge in [-0.25, -0.2) is 4.79 Å². The highest BCUT2D eigenvalue weighted by molar-refractivity contribution is 7.98. The molecule has 7 heteroatoms. The Bertz CT molecular complexity index is 1250. The quantitative estimate of drug-likeness (QED) is 0.341. The summed E-state index contributed by atoms with van der Waals surface area (Å²) in [6.45, 7) is 0. The van der Waals surface area contributed by atoms with E-state index >= 15 is 0 Å². The largest absolute Gasteiger partial charge is 0.496 e. The number of nitrogens with two attached hydrogens (primary N) is 1. The van der Waals surface area contributed by atoms with Gasteiger partial charge in [0.15, 0.2) is 0 Å². The van der Waals surface area contributed by atoms with E-state index in [0.717, 1.165) is 16.0 Å². The van der Waals surface area contributed by atoms with Crippen LogP contribution in [-0.2, 0) is 0 Å². The topological polar surface area (TPSA) is 94.6 Å². The first-order chi connectivity index (χ1) is 15.5. The Kier molecular flexibility index (Phi) is 6.06. The predicted molar refractivity (Wildman–Crippen MR) is 122 cm³/mol. The minimum absolute atomic E-state index is 0.0344. The first-order valence-corrected chi connectivity index (χ1v) is 11.0. The summed E-state index contributed by atoms with van der Waals surface area (Å²) in [5.74, 6) is 0.260. The first-order valence-electron chi connectivity index (χ1n) is 9.76. The summed E-state index contributed by atoms with van der Waals surface area (Å²) in [6, 6.07) is 22.0. The fraction of sp³-hybridized carbons (Fsp3) is 0.120. The van der Waals surface area contributed by atoms with Crippen molar-refractivity contribution in [2.45, 2.75) is 10.8 Å². The van der Waals surface area contributed by atoms with Gasteiger partial charge in [-0.3, -0.25) is 0 Å². The highest BCUT2D eigenvalue weighted by Gasteiger charge is 2.31. The second kappa shape index (κ2) is 9.08. The number of ether oxygens (including phenoxy) is 3. The third-order valence-electron chi connectivity index (χ3n) is 5.18. The number of fused-ring (bicyclic) bond motifs is 1. The number of rotatable bonds is 5. The summed E-state index contributed by atoms with van der Waals surface area (Å²) >= 11 is 1.64. The van der Waals surface area contributed by atoms with Gasteiger partial charge in [-0.2, -0.15) is 5.26 Å². The fourth-order valence-electron chi connectivity index (χ4n) is 3.61. The number of thioether (sulfide) groups is 1. The second-order valence-corrected chi connectivity index (χ2v) is 7.87. The van der Waals surface area contributed by atoms with Crippen molar-refractivity contribution in [3.63, 3.8) is 0 Å². The molecule has 0 radical (unpaired) electrons. The lowest BCUT2D eigenvalue weighted by Crippen LogP contribution is -2.21. The van der Waals surface area contributed by atoms with Crippen molar-refractivity contribution in [3.05, 3.63) is 94.9 Å². The van der Waals surface area contributed by atoms with E-state index in [9.17, 15) is 10.1 Å². The zero-order chi connectivity index (χ0) is 22.7. The molecule has 32 heavy (non-hydrogen) atoms. The van der Waals surface area contributed by atoms with Gasteiger partial charge in [0.25, 0.3) is 0 Å². The van der Waals surface area contributed by atoms with Crippen LogP contribution in [0.2, 0.25) is 0 Å². The molecule has 0 aliphatic carbocycles. The van der Waals surface area contributed by atoms with Crippen molar-refractivity contribution in [1.29, 1.82) is 5.26 Å². The van der Waals surface area contributed by atoms with Crippen LogP contribution < -0.4 is 19.9 Å². The van der Waals surface area contributed by atoms with Gasteiger partial charge < -0.3 is 19.9 Å². The van der Waals surface area contributed by atoms with Gasteiger partial charge in [-0.05, 0) is 42.2 Å². The number of esters is 1. The minimum Gasteiger partial charge on any atom is -0.496 e.